The number of furan rings is 1. The molecule has 1 aliphatic carbocycles. The fraction of sp³-hybridized carbons (Fsp3) is 0.588. The van der Waals surface area contributed by atoms with Crippen molar-refractivity contribution < 1.29 is 18.5 Å². The van der Waals surface area contributed by atoms with Crippen molar-refractivity contribution >= 4 is 5.91 Å². The molecule has 0 radical (unpaired) electrons. The number of amides is 1. The summed E-state index contributed by atoms with van der Waals surface area (Å²) < 4.78 is 16.0. The van der Waals surface area contributed by atoms with Gasteiger partial charge in [0.1, 0.15) is 6.26 Å². The molecule has 1 saturated heterocycles. The van der Waals surface area contributed by atoms with Crippen LogP contribution < -0.4 is 0 Å². The summed E-state index contributed by atoms with van der Waals surface area (Å²) in [6, 6.07) is 1.68. The van der Waals surface area contributed by atoms with Gasteiger partial charge < -0.3 is 18.6 Å². The van der Waals surface area contributed by atoms with Crippen LogP contribution in [0, 0.1) is 5.92 Å². The van der Waals surface area contributed by atoms with Crippen LogP contribution in [0.2, 0.25) is 0 Å². The van der Waals surface area contributed by atoms with Gasteiger partial charge in [-0.1, -0.05) is 5.16 Å². The number of hydrogen-bond donors (Lipinski definition) is 0. The minimum atomic E-state index is -0.0144. The van der Waals surface area contributed by atoms with E-state index in [0.717, 1.165) is 18.9 Å². The molecule has 2 fully saturated rings. The summed E-state index contributed by atoms with van der Waals surface area (Å²) in [5.74, 6) is 2.16. The summed E-state index contributed by atoms with van der Waals surface area (Å²) in [5, 5.41) is 4.03. The van der Waals surface area contributed by atoms with E-state index in [1.54, 1.807) is 11.0 Å². The topological polar surface area (TPSA) is 81.6 Å². The lowest BCUT2D eigenvalue weighted by molar-refractivity contribution is 0.0789. The zero-order chi connectivity index (χ0) is 16.4. The van der Waals surface area contributed by atoms with Gasteiger partial charge in [0.05, 0.1) is 24.4 Å². The molecular formula is C17H21N3O4. The highest BCUT2D eigenvalue weighted by Gasteiger charge is 2.31. The van der Waals surface area contributed by atoms with E-state index in [0.29, 0.717) is 43.4 Å². The van der Waals surface area contributed by atoms with E-state index in [1.165, 1.54) is 25.4 Å². The first kappa shape index (κ1) is 15.4. The fourth-order valence-corrected chi connectivity index (χ4v) is 2.95. The molecule has 2 aromatic heterocycles. The lowest BCUT2D eigenvalue weighted by atomic mass is 10.1. The number of likely N-dealkylation sites (tertiary alicyclic amines) is 1. The van der Waals surface area contributed by atoms with Crippen LogP contribution in [0.1, 0.15) is 47.3 Å². The number of carbonyl (C=O) groups is 1. The Morgan fingerprint density at radius 1 is 1.38 bits per heavy atom. The van der Waals surface area contributed by atoms with Gasteiger partial charge in [-0.15, -0.1) is 0 Å². The molecule has 0 bridgehead atoms. The van der Waals surface area contributed by atoms with Crippen LogP contribution in [0.5, 0.6) is 0 Å². The summed E-state index contributed by atoms with van der Waals surface area (Å²) in [4.78, 5) is 18.6. The zero-order valence-electron chi connectivity index (χ0n) is 13.5. The molecule has 2 aliphatic rings. The van der Waals surface area contributed by atoms with Gasteiger partial charge in [0.15, 0.2) is 5.82 Å². The number of aromatic nitrogens is 2. The minimum Gasteiger partial charge on any atom is -0.472 e. The molecule has 128 valence electrons. The SMILES string of the molecule is O=C(c1ccoc1)N1CCC(c2nc(CCOCC3CC3)no2)C1. The average Bonchev–Trinajstić information content (AvgIpc) is 3.07. The maximum absolute atomic E-state index is 12.3. The van der Waals surface area contributed by atoms with Crippen molar-refractivity contribution in [1.29, 1.82) is 0 Å². The number of hydrogen-bond acceptors (Lipinski definition) is 6. The molecule has 0 spiro atoms. The van der Waals surface area contributed by atoms with Gasteiger partial charge in [-0.05, 0) is 31.2 Å². The molecule has 4 rings (SSSR count). The highest BCUT2D eigenvalue weighted by Crippen LogP contribution is 2.29. The molecule has 1 unspecified atom stereocenters. The molecule has 0 N–H and O–H groups in total. The quantitative estimate of drug-likeness (QED) is 0.724. The van der Waals surface area contributed by atoms with Crippen LogP contribution in [-0.4, -0.2) is 47.3 Å². The van der Waals surface area contributed by atoms with E-state index in [4.69, 9.17) is 13.7 Å². The smallest absolute Gasteiger partial charge is 0.257 e. The molecule has 1 amide bonds. The third kappa shape index (κ3) is 3.51. The number of carbonyl (C=O) groups excluding carboxylic acids is 1. The van der Waals surface area contributed by atoms with Crippen LogP contribution in [0.3, 0.4) is 0 Å². The predicted octanol–water partition coefficient (Wildman–Crippen LogP) is 2.26. The lowest BCUT2D eigenvalue weighted by Gasteiger charge is -2.14. The first-order valence-corrected chi connectivity index (χ1v) is 8.51. The van der Waals surface area contributed by atoms with Crippen molar-refractivity contribution in [3.8, 4) is 0 Å². The average molecular weight is 331 g/mol. The van der Waals surface area contributed by atoms with E-state index >= 15 is 0 Å². The number of rotatable bonds is 7. The molecular weight excluding hydrogens is 310 g/mol. The normalized spacial score (nSPS) is 20.7. The summed E-state index contributed by atoms with van der Waals surface area (Å²) in [5.41, 5.74) is 0.578. The molecule has 24 heavy (non-hydrogen) atoms. The number of nitrogens with zero attached hydrogens (tertiary/aromatic N) is 3. The van der Waals surface area contributed by atoms with Gasteiger partial charge in [0.25, 0.3) is 5.91 Å². The third-order valence-corrected chi connectivity index (χ3v) is 4.60. The molecule has 1 aliphatic heterocycles. The van der Waals surface area contributed by atoms with Gasteiger partial charge in [-0.3, -0.25) is 4.79 Å². The highest BCUT2D eigenvalue weighted by atomic mass is 16.5. The van der Waals surface area contributed by atoms with E-state index < -0.39 is 0 Å². The molecule has 1 saturated carbocycles. The van der Waals surface area contributed by atoms with Crippen LogP contribution in [-0.2, 0) is 11.2 Å². The highest BCUT2D eigenvalue weighted by molar-refractivity contribution is 5.94. The summed E-state index contributed by atoms with van der Waals surface area (Å²) in [6.45, 7) is 2.77. The van der Waals surface area contributed by atoms with Crippen molar-refractivity contribution in [1.82, 2.24) is 15.0 Å². The maximum Gasteiger partial charge on any atom is 0.257 e. The van der Waals surface area contributed by atoms with Crippen molar-refractivity contribution in [2.24, 2.45) is 5.92 Å². The third-order valence-electron chi connectivity index (χ3n) is 4.60. The summed E-state index contributed by atoms with van der Waals surface area (Å²) in [6.07, 6.45) is 7.08. The van der Waals surface area contributed by atoms with Gasteiger partial charge >= 0.3 is 0 Å². The Balaban J connectivity index is 1.28. The standard InChI is InChI=1S/C17H21N3O4/c21-17(14-4-7-23-11-14)20-6-3-13(9-20)16-18-15(19-24-16)5-8-22-10-12-1-2-12/h4,7,11-13H,1-3,5-6,8-10H2. The van der Waals surface area contributed by atoms with Crippen molar-refractivity contribution in [2.75, 3.05) is 26.3 Å². The molecule has 7 heteroatoms. The van der Waals surface area contributed by atoms with Crippen LogP contribution in [0.25, 0.3) is 0 Å². The van der Waals surface area contributed by atoms with Crippen LogP contribution in [0.15, 0.2) is 27.5 Å². The predicted molar refractivity (Wildman–Crippen MR) is 83.5 cm³/mol. The van der Waals surface area contributed by atoms with Gasteiger partial charge in [0, 0.05) is 26.1 Å². The fourth-order valence-electron chi connectivity index (χ4n) is 2.95. The molecule has 3 heterocycles. The Labute approximate surface area is 140 Å². The van der Waals surface area contributed by atoms with Gasteiger partial charge in [0.2, 0.25) is 5.89 Å². The number of ether oxygens (including phenoxy) is 1. The zero-order valence-corrected chi connectivity index (χ0v) is 13.5. The Hall–Kier alpha value is -2.15. The second-order valence-electron chi connectivity index (χ2n) is 6.57. The summed E-state index contributed by atoms with van der Waals surface area (Å²) >= 11 is 0. The second kappa shape index (κ2) is 6.76. The van der Waals surface area contributed by atoms with Crippen molar-refractivity contribution in [3.05, 3.63) is 35.9 Å². The Bertz CT molecular complexity index is 678. The molecule has 2 aromatic rings. The Morgan fingerprint density at radius 3 is 3.08 bits per heavy atom. The molecule has 1 atom stereocenters. The van der Waals surface area contributed by atoms with Crippen molar-refractivity contribution in [2.45, 2.75) is 31.6 Å². The van der Waals surface area contributed by atoms with Crippen molar-refractivity contribution in [3.63, 3.8) is 0 Å². The molecule has 7 nitrogen and oxygen atoms in total. The maximum atomic E-state index is 12.3. The van der Waals surface area contributed by atoms with E-state index in [-0.39, 0.29) is 11.8 Å². The van der Waals surface area contributed by atoms with Gasteiger partial charge in [-0.2, -0.15) is 4.98 Å². The first-order valence-electron chi connectivity index (χ1n) is 8.51. The Kier molecular flexibility index (Phi) is 4.34. The monoisotopic (exact) mass is 331 g/mol. The van der Waals surface area contributed by atoms with E-state index in [1.807, 2.05) is 0 Å². The van der Waals surface area contributed by atoms with Crippen LogP contribution in [0.4, 0.5) is 0 Å². The van der Waals surface area contributed by atoms with Gasteiger partial charge in [-0.25, -0.2) is 0 Å². The second-order valence-corrected chi connectivity index (χ2v) is 6.57. The Morgan fingerprint density at radius 2 is 2.29 bits per heavy atom. The first-order chi connectivity index (χ1) is 11.8. The molecule has 0 aromatic carbocycles. The van der Waals surface area contributed by atoms with E-state index in [9.17, 15) is 4.79 Å². The minimum absolute atomic E-state index is 0.0144. The largest absolute Gasteiger partial charge is 0.472 e. The summed E-state index contributed by atoms with van der Waals surface area (Å²) in [7, 11) is 0. The van der Waals surface area contributed by atoms with E-state index in [2.05, 4.69) is 10.1 Å². The lowest BCUT2D eigenvalue weighted by Crippen LogP contribution is -2.28. The van der Waals surface area contributed by atoms with Crippen LogP contribution >= 0.6 is 0 Å².